The molecule has 1 fully saturated rings. The Kier molecular flexibility index (Phi) is 10.1. The molecule has 228 valence electrons. The maximum absolute atomic E-state index is 14.4. The summed E-state index contributed by atoms with van der Waals surface area (Å²) in [5, 5.41) is 0. The zero-order valence-electron chi connectivity index (χ0n) is 25.5. The highest BCUT2D eigenvalue weighted by Gasteiger charge is 2.39. The fraction of sp³-hybridized carbons (Fsp3) is 0.382. The minimum absolute atomic E-state index is 0.150. The lowest BCUT2D eigenvalue weighted by Crippen LogP contribution is -2.59. The zero-order chi connectivity index (χ0) is 31.1. The summed E-state index contributed by atoms with van der Waals surface area (Å²) in [6.07, 6.45) is 0.351. The first-order chi connectivity index (χ1) is 20.5. The molecular formula is C34H40FN3O5. The van der Waals surface area contributed by atoms with Gasteiger partial charge in [-0.1, -0.05) is 44.2 Å². The number of halogens is 1. The van der Waals surface area contributed by atoms with Gasteiger partial charge in [0.1, 0.15) is 29.0 Å². The molecule has 8 nitrogen and oxygen atoms in total. The van der Waals surface area contributed by atoms with Crippen LogP contribution in [-0.2, 0) is 14.3 Å². The van der Waals surface area contributed by atoms with E-state index in [1.165, 1.54) is 29.2 Å². The van der Waals surface area contributed by atoms with Gasteiger partial charge in [-0.3, -0.25) is 14.5 Å². The molecule has 0 radical (unpaired) electrons. The first-order valence-electron chi connectivity index (χ1n) is 14.7. The third-order valence-corrected chi connectivity index (χ3v) is 7.24. The van der Waals surface area contributed by atoms with E-state index < -0.39 is 23.6 Å². The second-order valence-electron chi connectivity index (χ2n) is 11.5. The van der Waals surface area contributed by atoms with E-state index in [9.17, 15) is 18.8 Å². The lowest BCUT2D eigenvalue weighted by atomic mass is 10.00. The molecule has 1 saturated heterocycles. The minimum atomic E-state index is -1.04. The van der Waals surface area contributed by atoms with Crippen LogP contribution in [0.25, 0.3) is 0 Å². The minimum Gasteiger partial charge on any atom is -0.457 e. The molecule has 1 aliphatic rings. The molecule has 0 aromatic heterocycles. The smallest absolute Gasteiger partial charge is 0.410 e. The van der Waals surface area contributed by atoms with Gasteiger partial charge >= 0.3 is 6.09 Å². The van der Waals surface area contributed by atoms with Crippen molar-refractivity contribution in [2.45, 2.75) is 65.1 Å². The average Bonchev–Trinajstić information content (AvgIpc) is 2.99. The van der Waals surface area contributed by atoms with Crippen LogP contribution in [0.5, 0.6) is 11.5 Å². The molecule has 0 N–H and O–H groups in total. The Morgan fingerprint density at radius 2 is 1.53 bits per heavy atom. The first-order valence-corrected chi connectivity index (χ1v) is 14.7. The average molecular weight is 590 g/mol. The van der Waals surface area contributed by atoms with Crippen molar-refractivity contribution < 1.29 is 28.2 Å². The van der Waals surface area contributed by atoms with E-state index >= 15 is 0 Å². The molecule has 2 atom stereocenters. The Hall–Kier alpha value is -4.40. The van der Waals surface area contributed by atoms with Crippen molar-refractivity contribution in [3.63, 3.8) is 0 Å². The Balaban J connectivity index is 1.65. The van der Waals surface area contributed by atoms with E-state index in [2.05, 4.69) is 0 Å². The van der Waals surface area contributed by atoms with Crippen LogP contribution in [0, 0.1) is 5.82 Å². The number of ether oxygens (including phenoxy) is 2. The highest BCUT2D eigenvalue weighted by molar-refractivity contribution is 6.01. The number of hydrogen-bond acceptors (Lipinski definition) is 5. The number of anilines is 1. The number of carbonyl (C=O) groups excluding carboxylic acids is 3. The molecule has 1 heterocycles. The third-order valence-electron chi connectivity index (χ3n) is 7.24. The normalized spacial score (nSPS) is 15.9. The maximum atomic E-state index is 14.4. The van der Waals surface area contributed by atoms with Gasteiger partial charge in [0.05, 0.1) is 6.04 Å². The van der Waals surface area contributed by atoms with Crippen LogP contribution in [0.1, 0.15) is 59.1 Å². The predicted octanol–water partition coefficient (Wildman–Crippen LogP) is 6.96. The summed E-state index contributed by atoms with van der Waals surface area (Å²) in [4.78, 5) is 45.6. The van der Waals surface area contributed by atoms with Crippen molar-refractivity contribution in [3.8, 4) is 11.5 Å². The monoisotopic (exact) mass is 589 g/mol. The Morgan fingerprint density at radius 1 is 0.907 bits per heavy atom. The zero-order valence-corrected chi connectivity index (χ0v) is 25.5. The second kappa shape index (κ2) is 13.7. The van der Waals surface area contributed by atoms with Gasteiger partial charge < -0.3 is 19.3 Å². The third kappa shape index (κ3) is 7.91. The van der Waals surface area contributed by atoms with Crippen LogP contribution in [-0.4, -0.2) is 59.0 Å². The number of amides is 3. The molecule has 3 amide bonds. The topological polar surface area (TPSA) is 79.4 Å². The van der Waals surface area contributed by atoms with E-state index in [0.29, 0.717) is 35.7 Å². The maximum Gasteiger partial charge on any atom is 0.410 e. The van der Waals surface area contributed by atoms with Crippen molar-refractivity contribution in [3.05, 3.63) is 90.2 Å². The van der Waals surface area contributed by atoms with Crippen LogP contribution in [0.3, 0.4) is 0 Å². The van der Waals surface area contributed by atoms with Crippen molar-refractivity contribution in [2.24, 2.45) is 0 Å². The summed E-state index contributed by atoms with van der Waals surface area (Å²) >= 11 is 0. The molecule has 0 bridgehead atoms. The standard InChI is InChI=1S/C34H40FN3O5/c1-6-26-23-36(21-22-37(26)33(41)43-34(3,4)5)32(40)31(24-13-15-25(35)16-14-24)38(30(39)7-2)27-17-19-29(20-18-27)42-28-11-9-8-10-12-28/h8-20,26,31H,6-7,21-23H2,1-5H3. The van der Waals surface area contributed by atoms with Gasteiger partial charge in [-0.2, -0.15) is 0 Å². The van der Waals surface area contributed by atoms with Gasteiger partial charge in [-0.25, -0.2) is 9.18 Å². The van der Waals surface area contributed by atoms with Crippen molar-refractivity contribution in [1.82, 2.24) is 9.80 Å². The number of carbonyl (C=O) groups is 3. The fourth-order valence-corrected chi connectivity index (χ4v) is 5.09. The molecule has 3 aromatic rings. The van der Waals surface area contributed by atoms with Crippen molar-refractivity contribution >= 4 is 23.6 Å². The Labute approximate surface area is 253 Å². The van der Waals surface area contributed by atoms with Gasteiger partial charge in [0.25, 0.3) is 5.91 Å². The summed E-state index contributed by atoms with van der Waals surface area (Å²) in [6, 6.07) is 20.7. The number of para-hydroxylation sites is 1. The Bertz CT molecular complexity index is 1390. The predicted molar refractivity (Wildman–Crippen MR) is 163 cm³/mol. The Morgan fingerprint density at radius 3 is 2.12 bits per heavy atom. The van der Waals surface area contributed by atoms with E-state index in [1.54, 1.807) is 41.0 Å². The summed E-state index contributed by atoms with van der Waals surface area (Å²) in [7, 11) is 0. The van der Waals surface area contributed by atoms with Crippen LogP contribution in [0.4, 0.5) is 14.9 Å². The van der Waals surface area contributed by atoms with Gasteiger partial charge in [0.2, 0.25) is 5.91 Å². The number of piperazine rings is 1. The van der Waals surface area contributed by atoms with E-state index in [4.69, 9.17) is 9.47 Å². The van der Waals surface area contributed by atoms with Gasteiger partial charge in [-0.15, -0.1) is 0 Å². The number of benzene rings is 3. The summed E-state index contributed by atoms with van der Waals surface area (Å²) in [6.45, 7) is 9.99. The lowest BCUT2D eigenvalue weighted by Gasteiger charge is -2.43. The summed E-state index contributed by atoms with van der Waals surface area (Å²) in [5.74, 6) is 0.238. The molecule has 1 aliphatic heterocycles. The lowest BCUT2D eigenvalue weighted by molar-refractivity contribution is -0.137. The molecule has 0 aliphatic carbocycles. The second-order valence-corrected chi connectivity index (χ2v) is 11.5. The van der Waals surface area contributed by atoms with E-state index in [0.717, 1.165) is 0 Å². The van der Waals surface area contributed by atoms with Crippen molar-refractivity contribution in [1.29, 1.82) is 0 Å². The fourth-order valence-electron chi connectivity index (χ4n) is 5.09. The van der Waals surface area contributed by atoms with Crippen LogP contribution in [0.2, 0.25) is 0 Å². The molecule has 9 heteroatoms. The number of hydrogen-bond donors (Lipinski definition) is 0. The molecule has 4 rings (SSSR count). The van der Waals surface area contributed by atoms with E-state index in [-0.39, 0.29) is 37.4 Å². The first kappa shape index (κ1) is 31.5. The highest BCUT2D eigenvalue weighted by Crippen LogP contribution is 2.33. The van der Waals surface area contributed by atoms with Gasteiger partial charge in [-0.05, 0) is 81.3 Å². The highest BCUT2D eigenvalue weighted by atomic mass is 19.1. The van der Waals surface area contributed by atoms with E-state index in [1.807, 2.05) is 58.0 Å². The number of nitrogens with zero attached hydrogens (tertiary/aromatic N) is 3. The molecule has 0 saturated carbocycles. The summed E-state index contributed by atoms with van der Waals surface area (Å²) in [5.41, 5.74) is 0.355. The summed E-state index contributed by atoms with van der Waals surface area (Å²) < 4.78 is 25.5. The molecule has 43 heavy (non-hydrogen) atoms. The molecule has 2 unspecified atom stereocenters. The molecule has 0 spiro atoms. The number of rotatable bonds is 8. The molecule has 3 aromatic carbocycles. The van der Waals surface area contributed by atoms with Crippen LogP contribution in [0.15, 0.2) is 78.9 Å². The SMILES string of the molecule is CCC(=O)N(c1ccc(Oc2ccccc2)cc1)C(C(=O)N1CCN(C(=O)OC(C)(C)C)C(CC)C1)c1ccc(F)cc1. The van der Waals surface area contributed by atoms with Gasteiger partial charge in [0.15, 0.2) is 0 Å². The van der Waals surface area contributed by atoms with Crippen LogP contribution < -0.4 is 9.64 Å². The molecular weight excluding hydrogens is 549 g/mol. The van der Waals surface area contributed by atoms with Gasteiger partial charge in [0, 0.05) is 31.7 Å². The largest absolute Gasteiger partial charge is 0.457 e. The van der Waals surface area contributed by atoms with Crippen LogP contribution >= 0.6 is 0 Å². The quantitative estimate of drug-likeness (QED) is 0.284. The van der Waals surface area contributed by atoms with Crippen molar-refractivity contribution in [2.75, 3.05) is 24.5 Å².